The van der Waals surface area contributed by atoms with E-state index < -0.39 is 0 Å². The summed E-state index contributed by atoms with van der Waals surface area (Å²) in [7, 11) is 0. The summed E-state index contributed by atoms with van der Waals surface area (Å²) in [6.07, 6.45) is 1.57. The third-order valence-corrected chi connectivity index (χ3v) is 2.58. The second-order valence-corrected chi connectivity index (χ2v) is 3.86. The van der Waals surface area contributed by atoms with E-state index >= 15 is 0 Å². The van der Waals surface area contributed by atoms with Crippen molar-refractivity contribution in [3.05, 3.63) is 42.7 Å². The van der Waals surface area contributed by atoms with Crippen LogP contribution >= 0.6 is 0 Å². The number of rotatable bonds is 4. The molecule has 0 fully saturated rings. The smallest absolute Gasteiger partial charge is 0.293 e. The Bertz CT molecular complexity index is 642. The van der Waals surface area contributed by atoms with E-state index in [2.05, 4.69) is 10.1 Å². The van der Waals surface area contributed by atoms with Gasteiger partial charge in [-0.3, -0.25) is 0 Å². The summed E-state index contributed by atoms with van der Waals surface area (Å²) in [6.45, 7) is 2.59. The molecule has 3 rings (SSSR count). The first kappa shape index (κ1) is 11.5. The van der Waals surface area contributed by atoms with Crippen molar-refractivity contribution < 1.29 is 13.7 Å². The zero-order valence-electron chi connectivity index (χ0n) is 10.4. The summed E-state index contributed by atoms with van der Waals surface area (Å²) >= 11 is 0. The maximum Gasteiger partial charge on any atom is 0.293 e. The molecule has 2 heterocycles. The number of furan rings is 1. The Morgan fingerprint density at radius 3 is 2.68 bits per heavy atom. The van der Waals surface area contributed by atoms with Gasteiger partial charge in [0.15, 0.2) is 5.76 Å². The van der Waals surface area contributed by atoms with Gasteiger partial charge in [0.25, 0.3) is 5.89 Å². The number of nitrogens with zero attached hydrogens (tertiary/aromatic N) is 2. The van der Waals surface area contributed by atoms with Crippen LogP contribution in [-0.4, -0.2) is 16.7 Å². The van der Waals surface area contributed by atoms with Crippen molar-refractivity contribution in [3.8, 4) is 28.8 Å². The Balaban J connectivity index is 1.86. The Kier molecular flexibility index (Phi) is 3.02. The molecule has 0 radical (unpaired) electrons. The molecule has 5 heteroatoms. The van der Waals surface area contributed by atoms with Crippen LogP contribution in [0.2, 0.25) is 0 Å². The van der Waals surface area contributed by atoms with Crippen LogP contribution in [0.25, 0.3) is 23.0 Å². The second-order valence-electron chi connectivity index (χ2n) is 3.86. The minimum Gasteiger partial charge on any atom is -0.494 e. The Morgan fingerprint density at radius 1 is 1.16 bits per heavy atom. The molecular weight excluding hydrogens is 244 g/mol. The summed E-state index contributed by atoms with van der Waals surface area (Å²) < 4.78 is 15.7. The van der Waals surface area contributed by atoms with Gasteiger partial charge in [-0.15, -0.1) is 0 Å². The van der Waals surface area contributed by atoms with Crippen LogP contribution in [0.3, 0.4) is 0 Å². The fraction of sp³-hybridized carbons (Fsp3) is 0.143. The highest BCUT2D eigenvalue weighted by molar-refractivity contribution is 5.58. The molecule has 0 aliphatic rings. The van der Waals surface area contributed by atoms with Gasteiger partial charge in [0, 0.05) is 5.56 Å². The van der Waals surface area contributed by atoms with E-state index in [1.165, 1.54) is 0 Å². The van der Waals surface area contributed by atoms with Crippen LogP contribution in [0, 0.1) is 0 Å². The first-order valence-corrected chi connectivity index (χ1v) is 5.97. The molecule has 5 nitrogen and oxygen atoms in total. The normalized spacial score (nSPS) is 10.6. The van der Waals surface area contributed by atoms with E-state index in [4.69, 9.17) is 13.7 Å². The Morgan fingerprint density at radius 2 is 2.00 bits per heavy atom. The largest absolute Gasteiger partial charge is 0.494 e. The highest BCUT2D eigenvalue weighted by Crippen LogP contribution is 2.23. The minimum atomic E-state index is 0.369. The summed E-state index contributed by atoms with van der Waals surface area (Å²) in [5.74, 6) is 2.27. The van der Waals surface area contributed by atoms with Crippen LogP contribution in [-0.2, 0) is 0 Å². The van der Waals surface area contributed by atoms with Crippen LogP contribution in [0.15, 0.2) is 51.6 Å². The van der Waals surface area contributed by atoms with Crippen molar-refractivity contribution >= 4 is 0 Å². The summed E-state index contributed by atoms with van der Waals surface area (Å²) in [5.41, 5.74) is 0.866. The first-order chi connectivity index (χ1) is 9.36. The second kappa shape index (κ2) is 4.97. The number of hydrogen-bond donors (Lipinski definition) is 0. The molecule has 0 aliphatic heterocycles. The summed E-state index contributed by atoms with van der Waals surface area (Å²) in [5, 5.41) is 3.93. The van der Waals surface area contributed by atoms with Gasteiger partial charge in [0.05, 0.1) is 12.9 Å². The zero-order chi connectivity index (χ0) is 13.1. The van der Waals surface area contributed by atoms with Gasteiger partial charge in [0.2, 0.25) is 5.82 Å². The molecule has 2 aromatic heterocycles. The minimum absolute atomic E-state index is 0.369. The van der Waals surface area contributed by atoms with Crippen molar-refractivity contribution in [2.45, 2.75) is 6.92 Å². The van der Waals surface area contributed by atoms with Gasteiger partial charge in [0.1, 0.15) is 5.75 Å². The predicted octanol–water partition coefficient (Wildman–Crippen LogP) is 3.40. The lowest BCUT2D eigenvalue weighted by molar-refractivity contribution is 0.340. The molecule has 0 bridgehead atoms. The highest BCUT2D eigenvalue weighted by Gasteiger charge is 2.12. The van der Waals surface area contributed by atoms with Crippen LogP contribution in [0.1, 0.15) is 6.92 Å². The van der Waals surface area contributed by atoms with Gasteiger partial charge in [-0.25, -0.2) is 0 Å². The molecular formula is C14H12N2O3. The lowest BCUT2D eigenvalue weighted by Gasteiger charge is -2.02. The van der Waals surface area contributed by atoms with Crippen LogP contribution < -0.4 is 4.74 Å². The molecule has 0 unspecified atom stereocenters. The molecule has 0 atom stereocenters. The fourth-order valence-corrected chi connectivity index (χ4v) is 1.71. The van der Waals surface area contributed by atoms with Gasteiger partial charge in [-0.2, -0.15) is 4.98 Å². The van der Waals surface area contributed by atoms with E-state index in [0.29, 0.717) is 24.1 Å². The van der Waals surface area contributed by atoms with E-state index in [-0.39, 0.29) is 0 Å². The molecule has 1 aromatic carbocycles. The molecule has 3 aromatic rings. The third kappa shape index (κ3) is 2.35. The lowest BCUT2D eigenvalue weighted by Crippen LogP contribution is -1.90. The maximum absolute atomic E-state index is 5.38. The van der Waals surface area contributed by atoms with Crippen molar-refractivity contribution in [3.63, 3.8) is 0 Å². The topological polar surface area (TPSA) is 61.3 Å². The van der Waals surface area contributed by atoms with Crippen molar-refractivity contribution in [2.75, 3.05) is 6.61 Å². The molecule has 0 spiro atoms. The van der Waals surface area contributed by atoms with E-state index in [1.54, 1.807) is 18.4 Å². The maximum atomic E-state index is 5.38. The number of hydrogen-bond acceptors (Lipinski definition) is 5. The van der Waals surface area contributed by atoms with E-state index in [9.17, 15) is 0 Å². The van der Waals surface area contributed by atoms with Crippen molar-refractivity contribution in [1.29, 1.82) is 0 Å². The highest BCUT2D eigenvalue weighted by atomic mass is 16.5. The fourth-order valence-electron chi connectivity index (χ4n) is 1.71. The van der Waals surface area contributed by atoms with Crippen LogP contribution in [0.4, 0.5) is 0 Å². The first-order valence-electron chi connectivity index (χ1n) is 5.97. The zero-order valence-corrected chi connectivity index (χ0v) is 10.4. The molecule has 0 N–H and O–H groups in total. The Labute approximate surface area is 109 Å². The molecule has 0 saturated heterocycles. The van der Waals surface area contributed by atoms with E-state index in [0.717, 1.165) is 11.3 Å². The SMILES string of the molecule is CCOc1ccc(-c2noc(-c3ccco3)n2)cc1. The van der Waals surface area contributed by atoms with Crippen LogP contribution in [0.5, 0.6) is 5.75 Å². The molecule has 96 valence electrons. The number of aromatic nitrogens is 2. The predicted molar refractivity (Wildman–Crippen MR) is 68.6 cm³/mol. The number of ether oxygens (including phenoxy) is 1. The van der Waals surface area contributed by atoms with Gasteiger partial charge in [-0.05, 0) is 43.3 Å². The monoisotopic (exact) mass is 256 g/mol. The Hall–Kier alpha value is -2.56. The van der Waals surface area contributed by atoms with Gasteiger partial charge >= 0.3 is 0 Å². The van der Waals surface area contributed by atoms with E-state index in [1.807, 2.05) is 31.2 Å². The average molecular weight is 256 g/mol. The molecule has 0 amide bonds. The molecule has 19 heavy (non-hydrogen) atoms. The quantitative estimate of drug-likeness (QED) is 0.716. The standard InChI is InChI=1S/C14H12N2O3/c1-2-17-11-7-5-10(6-8-11)13-15-14(19-16-13)12-4-3-9-18-12/h3-9H,2H2,1H3. The summed E-state index contributed by atoms with van der Waals surface area (Å²) in [4.78, 5) is 4.29. The molecule has 0 saturated carbocycles. The van der Waals surface area contributed by atoms with Crippen molar-refractivity contribution in [2.24, 2.45) is 0 Å². The van der Waals surface area contributed by atoms with Gasteiger partial charge < -0.3 is 13.7 Å². The third-order valence-electron chi connectivity index (χ3n) is 2.58. The van der Waals surface area contributed by atoms with Crippen molar-refractivity contribution in [1.82, 2.24) is 10.1 Å². The number of benzene rings is 1. The van der Waals surface area contributed by atoms with Gasteiger partial charge in [-0.1, -0.05) is 5.16 Å². The average Bonchev–Trinajstić information content (AvgIpc) is 3.11. The summed E-state index contributed by atoms with van der Waals surface area (Å²) in [6, 6.07) is 11.1. The lowest BCUT2D eigenvalue weighted by atomic mass is 10.2. The molecule has 0 aliphatic carbocycles.